The van der Waals surface area contributed by atoms with Gasteiger partial charge in [-0.05, 0) is 24.1 Å². The van der Waals surface area contributed by atoms with E-state index in [0.29, 0.717) is 6.04 Å². The van der Waals surface area contributed by atoms with Crippen molar-refractivity contribution in [3.63, 3.8) is 0 Å². The Morgan fingerprint density at radius 1 is 1.39 bits per heavy atom. The van der Waals surface area contributed by atoms with E-state index in [0.717, 1.165) is 31.7 Å². The molecule has 3 nitrogen and oxygen atoms in total. The lowest BCUT2D eigenvalue weighted by Gasteiger charge is -2.27. The first-order valence-corrected chi connectivity index (χ1v) is 7.27. The molecular formula is C14H17N3S. The zero-order valence-electron chi connectivity index (χ0n) is 10.2. The summed E-state index contributed by atoms with van der Waals surface area (Å²) in [6, 6.07) is 9.15. The number of hydrogen-bond acceptors (Lipinski definition) is 4. The van der Waals surface area contributed by atoms with Crippen LogP contribution in [0, 0.1) is 0 Å². The molecule has 0 aliphatic carbocycles. The molecule has 3 rings (SSSR count). The Labute approximate surface area is 111 Å². The van der Waals surface area contributed by atoms with Crippen LogP contribution < -0.4 is 10.6 Å². The Morgan fingerprint density at radius 2 is 2.33 bits per heavy atom. The van der Waals surface area contributed by atoms with E-state index in [1.165, 1.54) is 11.1 Å². The minimum absolute atomic E-state index is 0.425. The first-order chi connectivity index (χ1) is 8.93. The topological polar surface area (TPSA) is 37.0 Å². The lowest BCUT2D eigenvalue weighted by molar-refractivity contribution is 0.467. The third-order valence-electron chi connectivity index (χ3n) is 3.35. The lowest BCUT2D eigenvalue weighted by Crippen LogP contribution is -2.36. The van der Waals surface area contributed by atoms with Crippen molar-refractivity contribution in [1.29, 1.82) is 0 Å². The predicted molar refractivity (Wildman–Crippen MR) is 74.7 cm³/mol. The Hall–Kier alpha value is -1.23. The second kappa shape index (κ2) is 5.61. The monoisotopic (exact) mass is 259 g/mol. The van der Waals surface area contributed by atoms with Gasteiger partial charge in [0, 0.05) is 24.5 Å². The standard InChI is InChI=1S/C14H17N3S/c1-2-4-13-11(3-1)5-6-16-14(13)8-15-7-12-9-18-10-17-12/h1-4,9-10,14-16H,5-8H2. The number of nitrogens with zero attached hydrogens (tertiary/aromatic N) is 1. The van der Waals surface area contributed by atoms with E-state index in [1.54, 1.807) is 11.3 Å². The molecular weight excluding hydrogens is 242 g/mol. The van der Waals surface area contributed by atoms with Gasteiger partial charge in [-0.25, -0.2) is 4.98 Å². The average Bonchev–Trinajstić information content (AvgIpc) is 2.92. The van der Waals surface area contributed by atoms with Crippen LogP contribution >= 0.6 is 11.3 Å². The molecule has 1 aromatic heterocycles. The van der Waals surface area contributed by atoms with Crippen LogP contribution in [0.5, 0.6) is 0 Å². The molecule has 0 amide bonds. The summed E-state index contributed by atoms with van der Waals surface area (Å²) < 4.78 is 0. The highest BCUT2D eigenvalue weighted by Gasteiger charge is 2.18. The molecule has 0 saturated heterocycles. The Kier molecular flexibility index (Phi) is 3.69. The van der Waals surface area contributed by atoms with Crippen molar-refractivity contribution >= 4 is 11.3 Å². The van der Waals surface area contributed by atoms with Crippen molar-refractivity contribution in [2.24, 2.45) is 0 Å². The van der Waals surface area contributed by atoms with Gasteiger partial charge < -0.3 is 10.6 Å². The Balaban J connectivity index is 1.60. The molecule has 18 heavy (non-hydrogen) atoms. The zero-order chi connectivity index (χ0) is 12.2. The van der Waals surface area contributed by atoms with Crippen molar-refractivity contribution < 1.29 is 0 Å². The maximum Gasteiger partial charge on any atom is 0.0795 e. The summed E-state index contributed by atoms with van der Waals surface area (Å²) in [4.78, 5) is 4.28. The van der Waals surface area contributed by atoms with E-state index in [-0.39, 0.29) is 0 Å². The molecule has 2 heterocycles. The molecule has 4 heteroatoms. The van der Waals surface area contributed by atoms with Gasteiger partial charge in [0.05, 0.1) is 11.2 Å². The summed E-state index contributed by atoms with van der Waals surface area (Å²) in [6.07, 6.45) is 1.14. The predicted octanol–water partition coefficient (Wildman–Crippen LogP) is 2.12. The third kappa shape index (κ3) is 2.61. The fourth-order valence-corrected chi connectivity index (χ4v) is 3.00. The first-order valence-electron chi connectivity index (χ1n) is 6.32. The summed E-state index contributed by atoms with van der Waals surface area (Å²) in [5.41, 5.74) is 5.93. The molecule has 0 radical (unpaired) electrons. The molecule has 2 N–H and O–H groups in total. The van der Waals surface area contributed by atoms with E-state index in [2.05, 4.69) is 45.3 Å². The van der Waals surface area contributed by atoms with Gasteiger partial charge in [-0.15, -0.1) is 11.3 Å². The lowest BCUT2D eigenvalue weighted by atomic mass is 9.94. The van der Waals surface area contributed by atoms with E-state index >= 15 is 0 Å². The van der Waals surface area contributed by atoms with Gasteiger partial charge in [0.25, 0.3) is 0 Å². The first kappa shape index (κ1) is 11.8. The van der Waals surface area contributed by atoms with Crippen LogP contribution in [0.2, 0.25) is 0 Å². The van der Waals surface area contributed by atoms with Crippen LogP contribution in [-0.2, 0) is 13.0 Å². The fraction of sp³-hybridized carbons (Fsp3) is 0.357. The van der Waals surface area contributed by atoms with E-state index in [9.17, 15) is 0 Å². The van der Waals surface area contributed by atoms with E-state index in [1.807, 2.05) is 5.51 Å². The number of thiazole rings is 1. The molecule has 1 aliphatic rings. The minimum atomic E-state index is 0.425. The molecule has 0 bridgehead atoms. The minimum Gasteiger partial charge on any atom is -0.309 e. The smallest absolute Gasteiger partial charge is 0.0795 e. The van der Waals surface area contributed by atoms with Gasteiger partial charge in [0.15, 0.2) is 0 Å². The molecule has 1 aromatic carbocycles. The van der Waals surface area contributed by atoms with Crippen LogP contribution in [0.1, 0.15) is 22.9 Å². The quantitative estimate of drug-likeness (QED) is 0.883. The van der Waals surface area contributed by atoms with E-state index < -0.39 is 0 Å². The number of fused-ring (bicyclic) bond motifs is 1. The Morgan fingerprint density at radius 3 is 3.22 bits per heavy atom. The zero-order valence-corrected chi connectivity index (χ0v) is 11.0. The van der Waals surface area contributed by atoms with Gasteiger partial charge in [0.2, 0.25) is 0 Å². The number of rotatable bonds is 4. The van der Waals surface area contributed by atoms with Gasteiger partial charge in [-0.1, -0.05) is 24.3 Å². The number of hydrogen-bond donors (Lipinski definition) is 2. The van der Waals surface area contributed by atoms with Crippen molar-refractivity contribution in [2.75, 3.05) is 13.1 Å². The maximum atomic E-state index is 4.28. The summed E-state index contributed by atoms with van der Waals surface area (Å²) in [5.74, 6) is 0. The van der Waals surface area contributed by atoms with Gasteiger partial charge in [-0.2, -0.15) is 0 Å². The van der Waals surface area contributed by atoms with Crippen molar-refractivity contribution in [3.05, 3.63) is 52.0 Å². The molecule has 0 saturated carbocycles. The van der Waals surface area contributed by atoms with Crippen LogP contribution in [0.4, 0.5) is 0 Å². The highest BCUT2D eigenvalue weighted by molar-refractivity contribution is 7.07. The summed E-state index contributed by atoms with van der Waals surface area (Å²) in [5, 5.41) is 9.15. The van der Waals surface area contributed by atoms with E-state index in [4.69, 9.17) is 0 Å². The van der Waals surface area contributed by atoms with Crippen molar-refractivity contribution in [2.45, 2.75) is 19.0 Å². The average molecular weight is 259 g/mol. The number of aromatic nitrogens is 1. The SMILES string of the molecule is c1ccc2c(c1)CCNC2CNCc1cscn1. The normalized spacial score (nSPS) is 18.6. The van der Waals surface area contributed by atoms with Crippen LogP contribution in [0.3, 0.4) is 0 Å². The van der Waals surface area contributed by atoms with Gasteiger partial charge in [0.1, 0.15) is 0 Å². The fourth-order valence-electron chi connectivity index (χ4n) is 2.44. The molecule has 1 unspecified atom stereocenters. The van der Waals surface area contributed by atoms with Crippen LogP contribution in [0.25, 0.3) is 0 Å². The maximum absolute atomic E-state index is 4.28. The highest BCUT2D eigenvalue weighted by atomic mass is 32.1. The van der Waals surface area contributed by atoms with Crippen LogP contribution in [0.15, 0.2) is 35.2 Å². The second-order valence-electron chi connectivity index (χ2n) is 4.57. The second-order valence-corrected chi connectivity index (χ2v) is 5.28. The molecule has 1 aliphatic heterocycles. The highest BCUT2D eigenvalue weighted by Crippen LogP contribution is 2.21. The van der Waals surface area contributed by atoms with Crippen molar-refractivity contribution in [3.8, 4) is 0 Å². The summed E-state index contributed by atoms with van der Waals surface area (Å²) >= 11 is 1.65. The Bertz CT molecular complexity index is 496. The summed E-state index contributed by atoms with van der Waals surface area (Å²) in [6.45, 7) is 2.87. The molecule has 0 spiro atoms. The summed E-state index contributed by atoms with van der Waals surface area (Å²) in [7, 11) is 0. The molecule has 1 atom stereocenters. The molecule has 94 valence electrons. The van der Waals surface area contributed by atoms with Gasteiger partial charge >= 0.3 is 0 Å². The number of nitrogens with one attached hydrogen (secondary N) is 2. The number of benzene rings is 1. The third-order valence-corrected chi connectivity index (χ3v) is 3.99. The van der Waals surface area contributed by atoms with Crippen molar-refractivity contribution in [1.82, 2.24) is 15.6 Å². The van der Waals surface area contributed by atoms with Gasteiger partial charge in [-0.3, -0.25) is 0 Å². The van der Waals surface area contributed by atoms with Crippen LogP contribution in [-0.4, -0.2) is 18.1 Å². The molecule has 2 aromatic rings. The largest absolute Gasteiger partial charge is 0.309 e. The molecule has 0 fully saturated rings.